The third-order valence-corrected chi connectivity index (χ3v) is 3.38. The summed E-state index contributed by atoms with van der Waals surface area (Å²) in [5.74, 6) is 0. The Kier molecular flexibility index (Phi) is 5.95. The lowest BCUT2D eigenvalue weighted by Gasteiger charge is -2.29. The quantitative estimate of drug-likeness (QED) is 0.548. The molecular weight excluding hydrogens is 294 g/mol. The van der Waals surface area contributed by atoms with Crippen LogP contribution in [0.1, 0.15) is 25.0 Å². The lowest BCUT2D eigenvalue weighted by atomic mass is 9.85. The van der Waals surface area contributed by atoms with Gasteiger partial charge in [-0.25, -0.2) is 4.58 Å². The van der Waals surface area contributed by atoms with Crippen molar-refractivity contribution in [2.24, 2.45) is 4.99 Å². The number of allylic oxidation sites excluding steroid dienone is 1. The lowest BCUT2D eigenvalue weighted by molar-refractivity contribution is -0.458. The van der Waals surface area contributed by atoms with E-state index in [2.05, 4.69) is 60.0 Å². The van der Waals surface area contributed by atoms with E-state index in [1.807, 2.05) is 28.2 Å². The Bertz CT molecular complexity index is 621. The van der Waals surface area contributed by atoms with Crippen LogP contribution < -0.4 is 12.4 Å². The number of hydrogen-bond acceptors (Lipinski definition) is 2. The molecule has 2 rings (SSSR count). The van der Waals surface area contributed by atoms with Crippen molar-refractivity contribution in [1.82, 2.24) is 4.90 Å². The van der Waals surface area contributed by atoms with E-state index in [-0.39, 0.29) is 17.9 Å². The Morgan fingerprint density at radius 3 is 2.45 bits per heavy atom. The molecule has 0 atom stereocenters. The van der Waals surface area contributed by atoms with Gasteiger partial charge in [0.25, 0.3) is 0 Å². The highest BCUT2D eigenvalue weighted by Gasteiger charge is 2.28. The van der Waals surface area contributed by atoms with Crippen LogP contribution in [0.3, 0.4) is 0 Å². The van der Waals surface area contributed by atoms with Gasteiger partial charge in [-0.2, -0.15) is 0 Å². The molecule has 1 aromatic rings. The van der Waals surface area contributed by atoms with Gasteiger partial charge in [-0.15, -0.1) is 0 Å². The van der Waals surface area contributed by atoms with Gasteiger partial charge in [0, 0.05) is 25.9 Å². The number of nitrogens with zero attached hydrogens (tertiary/aromatic N) is 3. The van der Waals surface area contributed by atoms with Gasteiger partial charge in [-0.3, -0.25) is 4.99 Å². The second-order valence-corrected chi connectivity index (χ2v) is 6.75. The predicted octanol–water partition coefficient (Wildman–Crippen LogP) is -0.397. The fourth-order valence-corrected chi connectivity index (χ4v) is 2.71. The fraction of sp³-hybridized carbons (Fsp3) is 0.444. The number of fused-ring (bicyclic) bond motifs is 1. The average Bonchev–Trinajstić information content (AvgIpc) is 2.34. The van der Waals surface area contributed by atoms with E-state index in [1.165, 1.54) is 11.1 Å². The van der Waals surface area contributed by atoms with Crippen molar-refractivity contribution in [3.63, 3.8) is 0 Å². The summed E-state index contributed by atoms with van der Waals surface area (Å²) >= 11 is 0. The Morgan fingerprint density at radius 1 is 1.23 bits per heavy atom. The molecule has 0 saturated heterocycles. The van der Waals surface area contributed by atoms with E-state index in [4.69, 9.17) is 4.99 Å². The van der Waals surface area contributed by atoms with Crippen LogP contribution in [0.15, 0.2) is 41.0 Å². The molecule has 1 heterocycles. The van der Waals surface area contributed by atoms with Crippen molar-refractivity contribution in [3.05, 3.63) is 47.2 Å². The van der Waals surface area contributed by atoms with Crippen molar-refractivity contribution in [2.45, 2.75) is 25.8 Å². The van der Waals surface area contributed by atoms with Crippen molar-refractivity contribution in [2.75, 3.05) is 28.2 Å². The molecule has 1 aliphatic heterocycles. The normalized spacial score (nSPS) is 16.1. The first-order chi connectivity index (χ1) is 9.78. The zero-order chi connectivity index (χ0) is 15.6. The second kappa shape index (κ2) is 7.10. The van der Waals surface area contributed by atoms with Crippen LogP contribution in [0, 0.1) is 0 Å². The van der Waals surface area contributed by atoms with Crippen LogP contribution in [-0.2, 0) is 6.42 Å². The zero-order valence-electron chi connectivity index (χ0n) is 14.4. The Balaban J connectivity index is 0.00000242. The largest absolute Gasteiger partial charge is 1.00 e. The standard InChI is InChI=1S/C18H26N3.ClH/c1-18(2)11-14-9-7-8-10-16(14)17(19-18)15(12-20(3)4)13-21(5)6;/h7-10,12-13H,11H2,1-6H3;1H/q+1;/p-1. The first-order valence-electron chi connectivity index (χ1n) is 7.36. The molecule has 0 N–H and O–H groups in total. The predicted molar refractivity (Wildman–Crippen MR) is 90.7 cm³/mol. The van der Waals surface area contributed by atoms with Gasteiger partial charge in [-0.05, 0) is 25.8 Å². The van der Waals surface area contributed by atoms with Crippen LogP contribution in [0.5, 0.6) is 0 Å². The molecule has 0 spiro atoms. The third-order valence-electron chi connectivity index (χ3n) is 3.38. The Morgan fingerprint density at radius 2 is 1.86 bits per heavy atom. The van der Waals surface area contributed by atoms with Gasteiger partial charge < -0.3 is 17.3 Å². The van der Waals surface area contributed by atoms with Gasteiger partial charge in [0.1, 0.15) is 14.1 Å². The second-order valence-electron chi connectivity index (χ2n) is 6.75. The van der Waals surface area contributed by atoms with E-state index in [0.29, 0.717) is 0 Å². The summed E-state index contributed by atoms with van der Waals surface area (Å²) in [6.07, 6.45) is 5.26. The number of hydrogen-bond donors (Lipinski definition) is 0. The minimum absolute atomic E-state index is 0. The maximum atomic E-state index is 5.03. The first-order valence-corrected chi connectivity index (χ1v) is 7.36. The van der Waals surface area contributed by atoms with Gasteiger partial charge in [0.15, 0.2) is 6.21 Å². The van der Waals surface area contributed by atoms with E-state index in [9.17, 15) is 0 Å². The first kappa shape index (κ1) is 18.4. The molecule has 0 radical (unpaired) electrons. The van der Waals surface area contributed by atoms with Crippen LogP contribution in [-0.4, -0.2) is 55.1 Å². The fourth-order valence-electron chi connectivity index (χ4n) is 2.71. The molecule has 0 unspecified atom stereocenters. The van der Waals surface area contributed by atoms with Gasteiger partial charge in [0.05, 0.1) is 16.8 Å². The summed E-state index contributed by atoms with van der Waals surface area (Å²) in [7, 11) is 8.18. The van der Waals surface area contributed by atoms with E-state index in [0.717, 1.165) is 17.7 Å². The Labute approximate surface area is 140 Å². The maximum Gasteiger partial charge on any atom is 0.173 e. The molecule has 0 fully saturated rings. The minimum Gasteiger partial charge on any atom is -1.00 e. The maximum absolute atomic E-state index is 5.03. The molecule has 22 heavy (non-hydrogen) atoms. The summed E-state index contributed by atoms with van der Waals surface area (Å²) < 4.78 is 2.07. The van der Waals surface area contributed by atoms with Gasteiger partial charge >= 0.3 is 0 Å². The summed E-state index contributed by atoms with van der Waals surface area (Å²) in [6.45, 7) is 4.40. The molecule has 1 aliphatic rings. The molecule has 0 bridgehead atoms. The van der Waals surface area contributed by atoms with Gasteiger partial charge in [0.2, 0.25) is 0 Å². The summed E-state index contributed by atoms with van der Waals surface area (Å²) in [5, 5.41) is 0. The van der Waals surface area contributed by atoms with Crippen molar-refractivity contribution >= 4 is 11.9 Å². The van der Waals surface area contributed by atoms with Gasteiger partial charge in [-0.1, -0.05) is 24.3 Å². The summed E-state index contributed by atoms with van der Waals surface area (Å²) in [6, 6.07) is 8.60. The molecule has 4 heteroatoms. The lowest BCUT2D eigenvalue weighted by Crippen LogP contribution is -3.00. The molecule has 120 valence electrons. The van der Waals surface area contributed by atoms with Crippen LogP contribution in [0.4, 0.5) is 0 Å². The molecule has 0 amide bonds. The van der Waals surface area contributed by atoms with E-state index < -0.39 is 0 Å². The topological polar surface area (TPSA) is 18.6 Å². The molecule has 1 aromatic carbocycles. The van der Waals surface area contributed by atoms with Crippen molar-refractivity contribution < 1.29 is 17.0 Å². The highest BCUT2D eigenvalue weighted by atomic mass is 35.5. The third kappa shape index (κ3) is 4.44. The molecule has 0 aromatic heterocycles. The number of aliphatic imine (C=N–C) groups is 1. The van der Waals surface area contributed by atoms with Crippen LogP contribution in [0.25, 0.3) is 0 Å². The molecule has 0 aliphatic carbocycles. The Hall–Kier alpha value is -1.61. The van der Waals surface area contributed by atoms with E-state index >= 15 is 0 Å². The highest BCUT2D eigenvalue weighted by molar-refractivity contribution is 6.24. The zero-order valence-corrected chi connectivity index (χ0v) is 15.1. The number of benzene rings is 1. The molecule has 3 nitrogen and oxygen atoms in total. The highest BCUT2D eigenvalue weighted by Crippen LogP contribution is 2.28. The summed E-state index contributed by atoms with van der Waals surface area (Å²) in [4.78, 5) is 7.10. The summed E-state index contributed by atoms with van der Waals surface area (Å²) in [5.41, 5.74) is 4.80. The van der Waals surface area contributed by atoms with Crippen LogP contribution >= 0.6 is 0 Å². The SMILES string of the molecule is CN(C)C=C(C=[N+](C)C)C1=NC(C)(C)Cc2ccccc21.[Cl-]. The number of rotatable bonds is 3. The monoisotopic (exact) mass is 319 g/mol. The van der Waals surface area contributed by atoms with Crippen molar-refractivity contribution in [1.29, 1.82) is 0 Å². The number of halogens is 1. The molecular formula is C18H26ClN3. The molecule has 0 saturated carbocycles. The van der Waals surface area contributed by atoms with Crippen molar-refractivity contribution in [3.8, 4) is 0 Å². The van der Waals surface area contributed by atoms with E-state index in [1.54, 1.807) is 0 Å². The smallest absolute Gasteiger partial charge is 0.173 e. The minimum atomic E-state index is -0.0603. The van der Waals surface area contributed by atoms with Crippen LogP contribution in [0.2, 0.25) is 0 Å². The average molecular weight is 320 g/mol.